The highest BCUT2D eigenvalue weighted by Crippen LogP contribution is 2.22. The van der Waals surface area contributed by atoms with E-state index in [0.29, 0.717) is 18.2 Å². The summed E-state index contributed by atoms with van der Waals surface area (Å²) in [6.45, 7) is 8.02. The summed E-state index contributed by atoms with van der Waals surface area (Å²) >= 11 is 0. The standard InChI is InChI=1S/C13H25NO2/c1-9(2)13(15)14-11-5-7-12(8-6-11)16-10(3)4/h9-12H,5-8H2,1-4H3,(H,14,15). The summed E-state index contributed by atoms with van der Waals surface area (Å²) in [5.74, 6) is 0.262. The van der Waals surface area contributed by atoms with Gasteiger partial charge in [-0.3, -0.25) is 4.79 Å². The van der Waals surface area contributed by atoms with E-state index in [4.69, 9.17) is 4.74 Å². The Kier molecular flexibility index (Phi) is 5.26. The fourth-order valence-corrected chi connectivity index (χ4v) is 2.10. The van der Waals surface area contributed by atoms with E-state index in [0.717, 1.165) is 25.7 Å². The number of carbonyl (C=O) groups is 1. The van der Waals surface area contributed by atoms with E-state index < -0.39 is 0 Å². The molecule has 3 nitrogen and oxygen atoms in total. The van der Waals surface area contributed by atoms with Gasteiger partial charge in [0.05, 0.1) is 12.2 Å². The third kappa shape index (κ3) is 4.52. The van der Waals surface area contributed by atoms with Gasteiger partial charge in [0, 0.05) is 12.0 Å². The van der Waals surface area contributed by atoms with Gasteiger partial charge in [-0.25, -0.2) is 0 Å². The molecule has 0 saturated heterocycles. The van der Waals surface area contributed by atoms with E-state index in [1.54, 1.807) is 0 Å². The van der Waals surface area contributed by atoms with Gasteiger partial charge in [0.2, 0.25) is 5.91 Å². The van der Waals surface area contributed by atoms with Gasteiger partial charge in [-0.15, -0.1) is 0 Å². The highest BCUT2D eigenvalue weighted by Gasteiger charge is 2.23. The van der Waals surface area contributed by atoms with E-state index >= 15 is 0 Å². The van der Waals surface area contributed by atoms with Gasteiger partial charge < -0.3 is 10.1 Å². The lowest BCUT2D eigenvalue weighted by atomic mass is 9.92. The predicted octanol–water partition coefficient (Wildman–Crippen LogP) is 2.49. The Bertz CT molecular complexity index is 218. The predicted molar refractivity (Wildman–Crippen MR) is 65.2 cm³/mol. The van der Waals surface area contributed by atoms with Gasteiger partial charge in [0.25, 0.3) is 0 Å². The topological polar surface area (TPSA) is 38.3 Å². The fourth-order valence-electron chi connectivity index (χ4n) is 2.10. The molecule has 0 aromatic carbocycles. The first kappa shape index (κ1) is 13.5. The largest absolute Gasteiger partial charge is 0.376 e. The smallest absolute Gasteiger partial charge is 0.222 e. The van der Waals surface area contributed by atoms with Crippen molar-refractivity contribution >= 4 is 5.91 Å². The molecular formula is C13H25NO2. The normalized spacial score (nSPS) is 26.1. The van der Waals surface area contributed by atoms with E-state index in [2.05, 4.69) is 19.2 Å². The third-order valence-electron chi connectivity index (χ3n) is 3.01. The first-order valence-corrected chi connectivity index (χ1v) is 6.45. The van der Waals surface area contributed by atoms with Crippen molar-refractivity contribution in [1.82, 2.24) is 5.32 Å². The summed E-state index contributed by atoms with van der Waals surface area (Å²) in [5, 5.41) is 3.10. The molecule has 0 atom stereocenters. The number of ether oxygens (including phenoxy) is 1. The van der Waals surface area contributed by atoms with Crippen LogP contribution in [0.5, 0.6) is 0 Å². The molecule has 1 rings (SSSR count). The number of nitrogens with one attached hydrogen (secondary N) is 1. The molecular weight excluding hydrogens is 202 g/mol. The SMILES string of the molecule is CC(C)OC1CCC(NC(=O)C(C)C)CC1. The number of hydrogen-bond acceptors (Lipinski definition) is 2. The molecule has 1 amide bonds. The van der Waals surface area contributed by atoms with E-state index in [1.807, 2.05) is 13.8 Å². The zero-order valence-electron chi connectivity index (χ0n) is 11.0. The molecule has 1 N–H and O–H groups in total. The monoisotopic (exact) mass is 227 g/mol. The minimum atomic E-state index is 0.0876. The molecule has 1 saturated carbocycles. The highest BCUT2D eigenvalue weighted by molar-refractivity contribution is 5.78. The van der Waals surface area contributed by atoms with Crippen molar-refractivity contribution in [2.45, 2.75) is 71.6 Å². The van der Waals surface area contributed by atoms with Crippen LogP contribution in [0.25, 0.3) is 0 Å². The van der Waals surface area contributed by atoms with Gasteiger partial charge in [-0.05, 0) is 39.5 Å². The van der Waals surface area contributed by atoms with Crippen molar-refractivity contribution in [3.8, 4) is 0 Å². The molecule has 0 heterocycles. The fraction of sp³-hybridized carbons (Fsp3) is 0.923. The first-order chi connectivity index (χ1) is 7.49. The zero-order chi connectivity index (χ0) is 12.1. The quantitative estimate of drug-likeness (QED) is 0.801. The Hall–Kier alpha value is -0.570. The number of amides is 1. The van der Waals surface area contributed by atoms with Crippen LogP contribution in [0.4, 0.5) is 0 Å². The Morgan fingerprint density at radius 1 is 1.12 bits per heavy atom. The van der Waals surface area contributed by atoms with Crippen molar-refractivity contribution in [2.24, 2.45) is 5.92 Å². The van der Waals surface area contributed by atoms with Crippen LogP contribution in [0, 0.1) is 5.92 Å². The van der Waals surface area contributed by atoms with Crippen LogP contribution in [0.15, 0.2) is 0 Å². The molecule has 1 aliphatic carbocycles. The molecule has 0 bridgehead atoms. The molecule has 3 heteroatoms. The van der Waals surface area contributed by atoms with Crippen LogP contribution in [0.1, 0.15) is 53.4 Å². The first-order valence-electron chi connectivity index (χ1n) is 6.45. The second-order valence-corrected chi connectivity index (χ2v) is 5.32. The van der Waals surface area contributed by atoms with Gasteiger partial charge in [-0.2, -0.15) is 0 Å². The average Bonchev–Trinajstić information content (AvgIpc) is 2.20. The Labute approximate surface area is 98.9 Å². The van der Waals surface area contributed by atoms with Crippen LogP contribution in [-0.2, 0) is 9.53 Å². The van der Waals surface area contributed by atoms with Gasteiger partial charge in [0.1, 0.15) is 0 Å². The third-order valence-corrected chi connectivity index (χ3v) is 3.01. The van der Waals surface area contributed by atoms with Crippen LogP contribution in [0.2, 0.25) is 0 Å². The molecule has 0 radical (unpaired) electrons. The second-order valence-electron chi connectivity index (χ2n) is 5.32. The van der Waals surface area contributed by atoms with Crippen LogP contribution in [-0.4, -0.2) is 24.2 Å². The lowest BCUT2D eigenvalue weighted by Crippen LogP contribution is -2.41. The average molecular weight is 227 g/mol. The number of hydrogen-bond donors (Lipinski definition) is 1. The summed E-state index contributed by atoms with van der Waals surface area (Å²) in [6.07, 6.45) is 4.95. The van der Waals surface area contributed by atoms with Gasteiger partial charge >= 0.3 is 0 Å². The lowest BCUT2D eigenvalue weighted by molar-refractivity contribution is -0.125. The van der Waals surface area contributed by atoms with Gasteiger partial charge in [-0.1, -0.05) is 13.8 Å². The summed E-state index contributed by atoms with van der Waals surface area (Å²) < 4.78 is 5.78. The maximum Gasteiger partial charge on any atom is 0.222 e. The molecule has 0 aliphatic heterocycles. The van der Waals surface area contributed by atoms with Gasteiger partial charge in [0.15, 0.2) is 0 Å². The summed E-state index contributed by atoms with van der Waals surface area (Å²) in [6, 6.07) is 0.363. The number of carbonyl (C=O) groups excluding carboxylic acids is 1. The Morgan fingerprint density at radius 2 is 1.69 bits per heavy atom. The second kappa shape index (κ2) is 6.24. The molecule has 0 spiro atoms. The minimum Gasteiger partial charge on any atom is -0.376 e. The summed E-state index contributed by atoms with van der Waals surface area (Å²) in [4.78, 5) is 11.5. The molecule has 16 heavy (non-hydrogen) atoms. The molecule has 94 valence electrons. The lowest BCUT2D eigenvalue weighted by Gasteiger charge is -2.30. The zero-order valence-corrected chi connectivity index (χ0v) is 11.0. The number of rotatable bonds is 4. The maximum atomic E-state index is 11.5. The van der Waals surface area contributed by atoms with Crippen molar-refractivity contribution in [3.05, 3.63) is 0 Å². The highest BCUT2D eigenvalue weighted by atomic mass is 16.5. The van der Waals surface area contributed by atoms with E-state index in [-0.39, 0.29) is 11.8 Å². The molecule has 0 aromatic heterocycles. The Balaban J connectivity index is 2.24. The van der Waals surface area contributed by atoms with Crippen LogP contribution < -0.4 is 5.32 Å². The molecule has 0 aromatic rings. The van der Waals surface area contributed by atoms with E-state index in [1.165, 1.54) is 0 Å². The van der Waals surface area contributed by atoms with Crippen LogP contribution in [0.3, 0.4) is 0 Å². The van der Waals surface area contributed by atoms with Crippen molar-refractivity contribution in [3.63, 3.8) is 0 Å². The summed E-state index contributed by atoms with van der Waals surface area (Å²) in [5.41, 5.74) is 0. The molecule has 0 unspecified atom stereocenters. The molecule has 1 fully saturated rings. The Morgan fingerprint density at radius 3 is 2.12 bits per heavy atom. The maximum absolute atomic E-state index is 11.5. The van der Waals surface area contributed by atoms with Crippen LogP contribution >= 0.6 is 0 Å². The summed E-state index contributed by atoms with van der Waals surface area (Å²) in [7, 11) is 0. The van der Waals surface area contributed by atoms with Crippen molar-refractivity contribution in [1.29, 1.82) is 0 Å². The molecule has 1 aliphatic rings. The van der Waals surface area contributed by atoms with Crippen molar-refractivity contribution < 1.29 is 9.53 Å². The van der Waals surface area contributed by atoms with E-state index in [9.17, 15) is 4.79 Å². The van der Waals surface area contributed by atoms with Crippen molar-refractivity contribution in [2.75, 3.05) is 0 Å². The minimum absolute atomic E-state index is 0.0876.